The predicted molar refractivity (Wildman–Crippen MR) is 112 cm³/mol. The number of rotatable bonds is 8. The van der Waals surface area contributed by atoms with Crippen LogP contribution in [0.4, 0.5) is 0 Å². The first-order valence-electron chi connectivity index (χ1n) is 9.29. The van der Waals surface area contributed by atoms with Gasteiger partial charge < -0.3 is 14.8 Å². The van der Waals surface area contributed by atoms with Crippen LogP contribution in [-0.2, 0) is 4.79 Å². The van der Waals surface area contributed by atoms with Gasteiger partial charge in [-0.1, -0.05) is 35.3 Å². The Morgan fingerprint density at radius 2 is 1.86 bits per heavy atom. The average molecular weight is 423 g/mol. The van der Waals surface area contributed by atoms with Crippen LogP contribution < -0.4 is 14.8 Å². The minimum absolute atomic E-state index is 0.101. The predicted octanol–water partition coefficient (Wildman–Crippen LogP) is 4.33. The molecule has 0 aliphatic carbocycles. The molecule has 1 aliphatic heterocycles. The maximum absolute atomic E-state index is 12.3. The highest BCUT2D eigenvalue weighted by molar-refractivity contribution is 6.35. The number of nitrogens with one attached hydrogen (secondary N) is 1. The van der Waals surface area contributed by atoms with E-state index in [0.29, 0.717) is 22.3 Å². The molecule has 1 fully saturated rings. The summed E-state index contributed by atoms with van der Waals surface area (Å²) in [5.74, 6) is 1.07. The lowest BCUT2D eigenvalue weighted by Gasteiger charge is -2.28. The molecule has 0 saturated carbocycles. The maximum atomic E-state index is 12.3. The summed E-state index contributed by atoms with van der Waals surface area (Å²) in [6.45, 7) is 2.48. The Kier molecular flexibility index (Phi) is 7.43. The topological polar surface area (TPSA) is 50.8 Å². The van der Waals surface area contributed by atoms with E-state index < -0.39 is 0 Å². The minimum Gasteiger partial charge on any atom is -0.497 e. The van der Waals surface area contributed by atoms with Crippen LogP contribution in [-0.4, -0.2) is 44.2 Å². The Balaban J connectivity index is 1.58. The van der Waals surface area contributed by atoms with E-state index in [1.165, 1.54) is 12.8 Å². The lowest BCUT2D eigenvalue weighted by atomic mass is 10.1. The van der Waals surface area contributed by atoms with Gasteiger partial charge in [-0.3, -0.25) is 9.69 Å². The Morgan fingerprint density at radius 3 is 2.50 bits per heavy atom. The van der Waals surface area contributed by atoms with E-state index in [-0.39, 0.29) is 18.6 Å². The van der Waals surface area contributed by atoms with Gasteiger partial charge in [0.1, 0.15) is 11.5 Å². The minimum atomic E-state index is -0.191. The van der Waals surface area contributed by atoms with Gasteiger partial charge in [0.05, 0.1) is 18.2 Å². The Hall–Kier alpha value is -1.95. The Bertz CT molecular complexity index is 793. The molecule has 3 rings (SSSR count). The Labute approximate surface area is 175 Å². The molecule has 1 aliphatic rings. The second kappa shape index (κ2) is 10.0. The lowest BCUT2D eigenvalue weighted by molar-refractivity contribution is -0.123. The van der Waals surface area contributed by atoms with Crippen molar-refractivity contribution in [2.75, 3.05) is 33.4 Å². The van der Waals surface area contributed by atoms with E-state index in [9.17, 15) is 4.79 Å². The highest BCUT2D eigenvalue weighted by Gasteiger charge is 2.24. The van der Waals surface area contributed by atoms with Crippen LogP contribution in [0.3, 0.4) is 0 Å². The molecular weight excluding hydrogens is 399 g/mol. The van der Waals surface area contributed by atoms with Crippen molar-refractivity contribution in [3.05, 3.63) is 58.1 Å². The van der Waals surface area contributed by atoms with Crippen LogP contribution in [0.5, 0.6) is 11.5 Å². The molecule has 1 saturated heterocycles. The molecule has 1 amide bonds. The third kappa shape index (κ3) is 5.53. The SMILES string of the molecule is COc1ccc([C@H](CNC(=O)COc2ccc(Cl)cc2Cl)N2CCCC2)cc1. The van der Waals surface area contributed by atoms with Gasteiger partial charge >= 0.3 is 0 Å². The Morgan fingerprint density at radius 1 is 1.14 bits per heavy atom. The van der Waals surface area contributed by atoms with E-state index in [0.717, 1.165) is 24.4 Å². The zero-order valence-corrected chi connectivity index (χ0v) is 17.3. The zero-order chi connectivity index (χ0) is 19.9. The molecule has 5 nitrogen and oxygen atoms in total. The van der Waals surface area contributed by atoms with E-state index in [4.69, 9.17) is 32.7 Å². The number of hydrogen-bond acceptors (Lipinski definition) is 4. The number of benzene rings is 2. The summed E-state index contributed by atoms with van der Waals surface area (Å²) in [7, 11) is 1.65. The van der Waals surface area contributed by atoms with Crippen LogP contribution in [0.2, 0.25) is 10.0 Å². The van der Waals surface area contributed by atoms with Crippen molar-refractivity contribution in [2.45, 2.75) is 18.9 Å². The van der Waals surface area contributed by atoms with Crippen molar-refractivity contribution in [1.82, 2.24) is 10.2 Å². The quantitative estimate of drug-likeness (QED) is 0.687. The van der Waals surface area contributed by atoms with Crippen LogP contribution in [0.25, 0.3) is 0 Å². The van der Waals surface area contributed by atoms with Gasteiger partial charge in [-0.25, -0.2) is 0 Å². The summed E-state index contributed by atoms with van der Waals surface area (Å²) in [5, 5.41) is 3.89. The molecule has 0 bridgehead atoms. The molecule has 0 aromatic heterocycles. The fraction of sp³-hybridized carbons (Fsp3) is 0.381. The van der Waals surface area contributed by atoms with Crippen molar-refractivity contribution in [1.29, 1.82) is 0 Å². The molecule has 1 N–H and O–H groups in total. The second-order valence-corrected chi connectivity index (χ2v) is 7.54. The summed E-state index contributed by atoms with van der Waals surface area (Å²) in [5.41, 5.74) is 1.16. The fourth-order valence-electron chi connectivity index (χ4n) is 3.33. The molecule has 2 aromatic rings. The first-order valence-corrected chi connectivity index (χ1v) is 10.0. The van der Waals surface area contributed by atoms with Gasteiger partial charge in [0.15, 0.2) is 6.61 Å². The molecule has 28 heavy (non-hydrogen) atoms. The molecule has 150 valence electrons. The fourth-order valence-corrected chi connectivity index (χ4v) is 3.80. The number of halogens is 2. The molecule has 0 spiro atoms. The summed E-state index contributed by atoms with van der Waals surface area (Å²) in [6.07, 6.45) is 2.36. The zero-order valence-electron chi connectivity index (χ0n) is 15.8. The molecule has 2 aromatic carbocycles. The van der Waals surface area contributed by atoms with Crippen molar-refractivity contribution in [3.63, 3.8) is 0 Å². The van der Waals surface area contributed by atoms with Gasteiger partial charge in [-0.2, -0.15) is 0 Å². The normalized spacial score (nSPS) is 15.2. The van der Waals surface area contributed by atoms with Gasteiger partial charge in [0, 0.05) is 11.6 Å². The third-order valence-electron chi connectivity index (χ3n) is 4.83. The van der Waals surface area contributed by atoms with Crippen molar-refractivity contribution in [2.24, 2.45) is 0 Å². The van der Waals surface area contributed by atoms with E-state index in [2.05, 4.69) is 22.3 Å². The number of hydrogen-bond donors (Lipinski definition) is 1. The number of carbonyl (C=O) groups excluding carboxylic acids is 1. The highest BCUT2D eigenvalue weighted by atomic mass is 35.5. The van der Waals surface area contributed by atoms with Gasteiger partial charge in [-0.15, -0.1) is 0 Å². The number of methoxy groups -OCH3 is 1. The smallest absolute Gasteiger partial charge is 0.258 e. The first kappa shape index (κ1) is 20.8. The van der Waals surface area contributed by atoms with Gasteiger partial charge in [-0.05, 0) is 61.8 Å². The standard InChI is InChI=1S/C21H24Cl2N2O3/c1-27-17-7-4-15(5-8-17)19(25-10-2-3-11-25)13-24-21(26)14-28-20-9-6-16(22)12-18(20)23/h4-9,12,19H,2-3,10-11,13-14H2,1H3,(H,24,26)/t19-/m0/s1. The molecule has 0 unspecified atom stereocenters. The number of nitrogens with zero attached hydrogens (tertiary/aromatic N) is 1. The first-order chi connectivity index (χ1) is 13.6. The van der Waals surface area contributed by atoms with Crippen LogP contribution >= 0.6 is 23.2 Å². The second-order valence-electron chi connectivity index (χ2n) is 6.70. The molecule has 1 atom stereocenters. The highest BCUT2D eigenvalue weighted by Crippen LogP contribution is 2.28. The van der Waals surface area contributed by atoms with Crippen LogP contribution in [0.15, 0.2) is 42.5 Å². The molecule has 1 heterocycles. The number of carbonyl (C=O) groups is 1. The molecular formula is C21H24Cl2N2O3. The monoisotopic (exact) mass is 422 g/mol. The van der Waals surface area contributed by atoms with Gasteiger partial charge in [0.2, 0.25) is 0 Å². The van der Waals surface area contributed by atoms with E-state index >= 15 is 0 Å². The van der Waals surface area contributed by atoms with Crippen LogP contribution in [0, 0.1) is 0 Å². The van der Waals surface area contributed by atoms with E-state index in [1.54, 1.807) is 25.3 Å². The number of likely N-dealkylation sites (tertiary alicyclic amines) is 1. The maximum Gasteiger partial charge on any atom is 0.258 e. The van der Waals surface area contributed by atoms with Crippen molar-refractivity contribution < 1.29 is 14.3 Å². The molecule has 7 heteroatoms. The molecule has 0 radical (unpaired) electrons. The summed E-state index contributed by atoms with van der Waals surface area (Å²) < 4.78 is 10.8. The van der Waals surface area contributed by atoms with Crippen molar-refractivity contribution in [3.8, 4) is 11.5 Å². The number of amides is 1. The van der Waals surface area contributed by atoms with Gasteiger partial charge in [0.25, 0.3) is 5.91 Å². The average Bonchev–Trinajstić information content (AvgIpc) is 3.22. The summed E-state index contributed by atoms with van der Waals surface area (Å²) in [6, 6.07) is 13.0. The lowest BCUT2D eigenvalue weighted by Crippen LogP contribution is -2.38. The largest absolute Gasteiger partial charge is 0.497 e. The van der Waals surface area contributed by atoms with E-state index in [1.807, 2.05) is 12.1 Å². The third-order valence-corrected chi connectivity index (χ3v) is 5.36. The summed E-state index contributed by atoms with van der Waals surface area (Å²) in [4.78, 5) is 14.7. The van der Waals surface area contributed by atoms with Crippen molar-refractivity contribution >= 4 is 29.1 Å². The number of ether oxygens (including phenoxy) is 2. The summed E-state index contributed by atoms with van der Waals surface area (Å²) >= 11 is 11.9. The van der Waals surface area contributed by atoms with Crippen LogP contribution in [0.1, 0.15) is 24.4 Å².